The molecule has 1 N–H and O–H groups in total. The molecule has 5 aliphatic rings. The molecule has 6 rings (SSSR count). The molecule has 4 aliphatic carbocycles. The van der Waals surface area contributed by atoms with Gasteiger partial charge in [-0.2, -0.15) is 11.8 Å². The molecule has 4 fully saturated rings. The van der Waals surface area contributed by atoms with Crippen LogP contribution in [0.2, 0.25) is 0 Å². The highest BCUT2D eigenvalue weighted by molar-refractivity contribution is 7.98. The Hall–Kier alpha value is -1.82. The standard InChI is InChI=1S/C25H32N2O3S/c1-15(25-12-16-9-17(13-25)11-18(10-16)14-25)26-22(28)21(7-8-31-2)27-23(29)19-5-3-4-6-20(19)24(27)30/h3-6,15-18,21H,7-14H2,1-2H3,(H,26,28)/t15-,16?,17?,18?,21-,25?/m0/s1. The lowest BCUT2D eigenvalue weighted by Crippen LogP contribution is -2.59. The van der Waals surface area contributed by atoms with E-state index in [4.69, 9.17) is 0 Å². The third-order valence-corrected chi connectivity index (χ3v) is 9.04. The lowest BCUT2D eigenvalue weighted by atomic mass is 9.48. The average Bonchev–Trinajstić information content (AvgIpc) is 2.98. The molecule has 2 atom stereocenters. The highest BCUT2D eigenvalue weighted by Crippen LogP contribution is 2.61. The Morgan fingerprint density at radius 2 is 1.58 bits per heavy atom. The summed E-state index contributed by atoms with van der Waals surface area (Å²) in [7, 11) is 0. The summed E-state index contributed by atoms with van der Waals surface area (Å²) in [6.07, 6.45) is 10.2. The average molecular weight is 441 g/mol. The number of hydrogen-bond donors (Lipinski definition) is 1. The smallest absolute Gasteiger partial charge is 0.262 e. The Morgan fingerprint density at radius 3 is 2.06 bits per heavy atom. The Morgan fingerprint density at radius 1 is 1.06 bits per heavy atom. The normalized spacial score (nSPS) is 32.8. The van der Waals surface area contributed by atoms with Crippen molar-refractivity contribution in [3.8, 4) is 0 Å². The summed E-state index contributed by atoms with van der Waals surface area (Å²) < 4.78 is 0. The number of rotatable bonds is 7. The van der Waals surface area contributed by atoms with Crippen molar-refractivity contribution >= 4 is 29.5 Å². The summed E-state index contributed by atoms with van der Waals surface area (Å²) in [5.41, 5.74) is 1.00. The fourth-order valence-electron chi connectivity index (χ4n) is 7.27. The van der Waals surface area contributed by atoms with Gasteiger partial charge in [0.2, 0.25) is 5.91 Å². The van der Waals surface area contributed by atoms with Crippen LogP contribution in [0.1, 0.15) is 72.6 Å². The molecule has 1 aliphatic heterocycles. The molecule has 4 bridgehead atoms. The monoisotopic (exact) mass is 440 g/mol. The lowest BCUT2D eigenvalue weighted by molar-refractivity contribution is -0.129. The first-order valence-electron chi connectivity index (χ1n) is 11.7. The van der Waals surface area contributed by atoms with Crippen molar-refractivity contribution in [1.29, 1.82) is 0 Å². The number of nitrogens with one attached hydrogen (secondary N) is 1. The van der Waals surface area contributed by atoms with Gasteiger partial charge < -0.3 is 5.32 Å². The first kappa shape index (κ1) is 21.0. The molecule has 31 heavy (non-hydrogen) atoms. The van der Waals surface area contributed by atoms with Crippen molar-refractivity contribution < 1.29 is 14.4 Å². The van der Waals surface area contributed by atoms with E-state index in [9.17, 15) is 14.4 Å². The number of thioether (sulfide) groups is 1. The minimum Gasteiger partial charge on any atom is -0.351 e. The largest absolute Gasteiger partial charge is 0.351 e. The number of nitrogens with zero attached hydrogens (tertiary/aromatic N) is 1. The van der Waals surface area contributed by atoms with Crippen LogP contribution < -0.4 is 5.32 Å². The van der Waals surface area contributed by atoms with Crippen molar-refractivity contribution in [3.63, 3.8) is 0 Å². The van der Waals surface area contributed by atoms with Crippen molar-refractivity contribution in [2.24, 2.45) is 23.2 Å². The Balaban J connectivity index is 1.35. The Labute approximate surface area is 188 Å². The first-order chi connectivity index (χ1) is 14.9. The molecule has 0 unspecified atom stereocenters. The van der Waals surface area contributed by atoms with E-state index in [2.05, 4.69) is 12.2 Å². The predicted octanol–water partition coefficient (Wildman–Crippen LogP) is 4.13. The van der Waals surface area contributed by atoms with E-state index < -0.39 is 6.04 Å². The maximum absolute atomic E-state index is 13.5. The molecule has 3 amide bonds. The van der Waals surface area contributed by atoms with Crippen LogP contribution in [0.4, 0.5) is 0 Å². The van der Waals surface area contributed by atoms with E-state index in [1.54, 1.807) is 36.0 Å². The fraction of sp³-hybridized carbons (Fsp3) is 0.640. The highest BCUT2D eigenvalue weighted by Gasteiger charge is 2.54. The van der Waals surface area contributed by atoms with Crippen molar-refractivity contribution in [2.75, 3.05) is 12.0 Å². The minimum atomic E-state index is -0.754. The van der Waals surface area contributed by atoms with Gasteiger partial charge in [-0.3, -0.25) is 19.3 Å². The van der Waals surface area contributed by atoms with Crippen LogP contribution in [0.5, 0.6) is 0 Å². The molecule has 0 spiro atoms. The molecule has 1 aromatic rings. The Kier molecular flexibility index (Phi) is 5.40. The maximum atomic E-state index is 13.5. The maximum Gasteiger partial charge on any atom is 0.262 e. The summed E-state index contributed by atoms with van der Waals surface area (Å²) in [5.74, 6) is 2.30. The molecule has 0 saturated heterocycles. The van der Waals surface area contributed by atoms with Crippen LogP contribution in [-0.2, 0) is 4.79 Å². The third kappa shape index (κ3) is 3.51. The van der Waals surface area contributed by atoms with Gasteiger partial charge in [0.1, 0.15) is 6.04 Å². The number of hydrogen-bond acceptors (Lipinski definition) is 4. The molecular formula is C25H32N2O3S. The molecule has 0 aromatic heterocycles. The van der Waals surface area contributed by atoms with Gasteiger partial charge >= 0.3 is 0 Å². The van der Waals surface area contributed by atoms with Gasteiger partial charge in [-0.05, 0) is 99.2 Å². The van der Waals surface area contributed by atoms with E-state index in [0.29, 0.717) is 17.5 Å². The number of amides is 3. The van der Waals surface area contributed by atoms with Crippen LogP contribution in [0.15, 0.2) is 24.3 Å². The van der Waals surface area contributed by atoms with Crippen LogP contribution >= 0.6 is 11.8 Å². The SMILES string of the molecule is CSCC[C@@H](C(=O)N[C@@H](C)C12CC3CC(CC(C3)C1)C2)N1C(=O)c2ccccc2C1=O. The van der Waals surface area contributed by atoms with Gasteiger partial charge in [-0.1, -0.05) is 12.1 Å². The quantitative estimate of drug-likeness (QED) is 0.648. The summed E-state index contributed by atoms with van der Waals surface area (Å²) in [6.45, 7) is 2.15. The summed E-state index contributed by atoms with van der Waals surface area (Å²) >= 11 is 1.63. The highest BCUT2D eigenvalue weighted by atomic mass is 32.2. The first-order valence-corrected chi connectivity index (χ1v) is 13.1. The zero-order valence-electron chi connectivity index (χ0n) is 18.4. The Bertz CT molecular complexity index is 843. The van der Waals surface area contributed by atoms with Crippen LogP contribution in [0.3, 0.4) is 0 Å². The van der Waals surface area contributed by atoms with Crippen LogP contribution in [-0.4, -0.2) is 46.7 Å². The van der Waals surface area contributed by atoms with E-state index in [-0.39, 0.29) is 29.2 Å². The second-order valence-electron chi connectivity index (χ2n) is 10.3. The molecule has 0 radical (unpaired) electrons. The van der Waals surface area contributed by atoms with Crippen LogP contribution in [0.25, 0.3) is 0 Å². The van der Waals surface area contributed by atoms with Gasteiger partial charge in [0.05, 0.1) is 11.1 Å². The van der Waals surface area contributed by atoms with Gasteiger partial charge in [0.15, 0.2) is 0 Å². The molecule has 1 heterocycles. The lowest BCUT2D eigenvalue weighted by Gasteiger charge is -2.59. The predicted molar refractivity (Wildman–Crippen MR) is 122 cm³/mol. The van der Waals surface area contributed by atoms with Gasteiger partial charge in [0, 0.05) is 6.04 Å². The number of benzene rings is 1. The second kappa shape index (κ2) is 7.95. The van der Waals surface area contributed by atoms with Gasteiger partial charge in [0.25, 0.3) is 11.8 Å². The van der Waals surface area contributed by atoms with Crippen molar-refractivity contribution in [2.45, 2.75) is 64.0 Å². The summed E-state index contributed by atoms with van der Waals surface area (Å²) in [6, 6.07) is 6.20. The van der Waals surface area contributed by atoms with E-state index in [1.165, 1.54) is 43.4 Å². The van der Waals surface area contributed by atoms with Gasteiger partial charge in [-0.15, -0.1) is 0 Å². The van der Waals surface area contributed by atoms with Crippen LogP contribution in [0, 0.1) is 23.2 Å². The van der Waals surface area contributed by atoms with Crippen molar-refractivity contribution in [3.05, 3.63) is 35.4 Å². The number of imide groups is 1. The number of carbonyl (C=O) groups is 3. The molecule has 6 heteroatoms. The molecule has 4 saturated carbocycles. The zero-order chi connectivity index (χ0) is 21.8. The fourth-order valence-corrected chi connectivity index (χ4v) is 7.73. The third-order valence-electron chi connectivity index (χ3n) is 8.40. The van der Waals surface area contributed by atoms with E-state index in [1.807, 2.05) is 6.26 Å². The minimum absolute atomic E-state index is 0.0698. The zero-order valence-corrected chi connectivity index (χ0v) is 19.2. The molecule has 1 aromatic carbocycles. The molecule has 5 nitrogen and oxygen atoms in total. The second-order valence-corrected chi connectivity index (χ2v) is 11.3. The molecule has 166 valence electrons. The van der Waals surface area contributed by atoms with E-state index in [0.717, 1.165) is 23.5 Å². The topological polar surface area (TPSA) is 66.5 Å². The molecular weight excluding hydrogens is 408 g/mol. The van der Waals surface area contributed by atoms with Crippen molar-refractivity contribution in [1.82, 2.24) is 10.2 Å². The van der Waals surface area contributed by atoms with Gasteiger partial charge in [-0.25, -0.2) is 0 Å². The summed E-state index contributed by atoms with van der Waals surface area (Å²) in [5, 5.41) is 3.30. The number of carbonyl (C=O) groups excluding carboxylic acids is 3. The van der Waals surface area contributed by atoms with E-state index >= 15 is 0 Å². The number of fused-ring (bicyclic) bond motifs is 1. The summed E-state index contributed by atoms with van der Waals surface area (Å²) in [4.78, 5) is 40.8.